The first kappa shape index (κ1) is 18.9. The van der Waals surface area contributed by atoms with Gasteiger partial charge in [0.1, 0.15) is 11.2 Å². The van der Waals surface area contributed by atoms with Gasteiger partial charge in [0.2, 0.25) is 0 Å². The van der Waals surface area contributed by atoms with Crippen LogP contribution in [0.5, 0.6) is 0 Å². The van der Waals surface area contributed by atoms with Gasteiger partial charge in [-0.05, 0) is 108 Å². The average Bonchev–Trinajstić information content (AvgIpc) is 3.69. The Kier molecular flexibility index (Phi) is 4.45. The molecule has 0 aliphatic carbocycles. The van der Waals surface area contributed by atoms with Crippen molar-refractivity contribution in [3.8, 4) is 55.6 Å². The van der Waals surface area contributed by atoms with Gasteiger partial charge in [0.15, 0.2) is 0 Å². The molecule has 1 aromatic heterocycles. The van der Waals surface area contributed by atoms with E-state index in [4.69, 9.17) is 16.8 Å². The molecule has 0 radical (unpaired) electrons. The zero-order valence-corrected chi connectivity index (χ0v) is 26.9. The summed E-state index contributed by atoms with van der Waals surface area (Å²) in [5.41, 5.74) is 7.02. The van der Waals surface area contributed by atoms with E-state index in [0.29, 0.717) is 11.1 Å². The molecule has 0 N–H and O–H groups in total. The zero-order chi connectivity index (χ0) is 45.0. The summed E-state index contributed by atoms with van der Waals surface area (Å²) >= 11 is 0. The Morgan fingerprint density at radius 1 is 0.294 bits per heavy atom. The lowest BCUT2D eigenvalue weighted by molar-refractivity contribution is 0.669. The predicted octanol–water partition coefficient (Wildman–Crippen LogP) is 14.2. The Morgan fingerprint density at radius 3 is 1.29 bits per heavy atom. The Balaban J connectivity index is 1.18. The number of hydrogen-bond donors (Lipinski definition) is 0. The molecule has 10 aromatic rings. The summed E-state index contributed by atoms with van der Waals surface area (Å²) < 4.78 is 121. The Bertz CT molecular complexity index is 3530. The molecule has 0 atom stereocenters. The van der Waals surface area contributed by atoms with Crippen LogP contribution < -0.4 is 0 Å². The zero-order valence-electron chi connectivity index (χ0n) is 39.9. The molecule has 0 amide bonds. The molecule has 1 heteroatoms. The van der Waals surface area contributed by atoms with Crippen LogP contribution in [0.15, 0.2) is 198 Å². The molecular weight excluding hydrogens is 617 g/mol. The fourth-order valence-electron chi connectivity index (χ4n) is 7.01. The first-order valence-electron chi connectivity index (χ1n) is 22.9. The van der Waals surface area contributed by atoms with Crippen molar-refractivity contribution >= 4 is 43.5 Å². The van der Waals surface area contributed by atoms with Crippen LogP contribution in [0.2, 0.25) is 0 Å². The van der Waals surface area contributed by atoms with E-state index < -0.39 is 84.1 Å². The topological polar surface area (TPSA) is 13.1 Å². The van der Waals surface area contributed by atoms with E-state index in [0.717, 1.165) is 49.7 Å². The average molecular weight is 662 g/mol. The van der Waals surface area contributed by atoms with Gasteiger partial charge in [-0.15, -0.1) is 0 Å². The molecular formula is C50H32O. The van der Waals surface area contributed by atoms with Crippen molar-refractivity contribution in [2.45, 2.75) is 0 Å². The molecule has 1 heterocycles. The largest absolute Gasteiger partial charge is 0.456 e. The maximum atomic E-state index is 9.23. The molecule has 9 aromatic carbocycles. The SMILES string of the molecule is [2H]c1c([2H])c([2H])c(-c2c3c([2H])c([2H])c([2H])c([2H])c3c(-c3ccc(-c4ccc5oc6ccc(-c7cccc(-c8ccccc8)c7)cc6c5c4)cc3)c3c([2H])c([2H])c([2H])c([2H])c23)c([2H])c1[2H]. The standard InChI is InChI=1S/C50H32O/c1-3-12-33(13-4-1)37-16-11-17-38(30-37)40-27-29-48-46(32-40)45-31-39(26-28-47(45)51-48)34-22-24-36(25-23-34)50-43-20-9-7-18-41(43)49(35-14-5-2-6-15-35)42-19-8-10-21-44(42)50/h1-32H/i2D,5D,6D,7D,8D,9D,10D,14D,15D,18D,19D,20D,21D. The minimum atomic E-state index is -0.714. The second kappa shape index (κ2) is 12.0. The van der Waals surface area contributed by atoms with Crippen LogP contribution in [-0.2, 0) is 0 Å². The van der Waals surface area contributed by atoms with Gasteiger partial charge in [0.25, 0.3) is 0 Å². The molecule has 0 unspecified atom stereocenters. The Hall–Kier alpha value is -6.70. The van der Waals surface area contributed by atoms with E-state index in [1.165, 1.54) is 0 Å². The van der Waals surface area contributed by atoms with E-state index in [9.17, 15) is 5.48 Å². The summed E-state index contributed by atoms with van der Waals surface area (Å²) in [6.07, 6.45) is 0. The van der Waals surface area contributed by atoms with Gasteiger partial charge in [-0.1, -0.05) is 163 Å². The van der Waals surface area contributed by atoms with Gasteiger partial charge < -0.3 is 4.42 Å². The molecule has 0 aliphatic heterocycles. The minimum Gasteiger partial charge on any atom is -0.456 e. The molecule has 1 nitrogen and oxygen atoms in total. The smallest absolute Gasteiger partial charge is 0.135 e. The molecule has 0 bridgehead atoms. The third kappa shape index (κ3) is 5.02. The third-order valence-electron chi connectivity index (χ3n) is 9.40. The van der Waals surface area contributed by atoms with Crippen LogP contribution in [0.4, 0.5) is 0 Å². The highest BCUT2D eigenvalue weighted by Crippen LogP contribution is 2.44. The normalized spacial score (nSPS) is 15.1. The summed E-state index contributed by atoms with van der Waals surface area (Å²) in [6, 6.07) is 29.3. The van der Waals surface area contributed by atoms with Crippen molar-refractivity contribution in [3.05, 3.63) is 194 Å². The highest BCUT2D eigenvalue weighted by atomic mass is 16.3. The first-order chi connectivity index (χ1) is 30.7. The summed E-state index contributed by atoms with van der Waals surface area (Å²) in [7, 11) is 0. The van der Waals surface area contributed by atoms with Crippen molar-refractivity contribution in [1.82, 2.24) is 0 Å². The van der Waals surface area contributed by atoms with Gasteiger partial charge in [0.05, 0.1) is 17.8 Å². The third-order valence-corrected chi connectivity index (χ3v) is 9.40. The van der Waals surface area contributed by atoms with E-state index in [2.05, 4.69) is 36.4 Å². The molecule has 0 spiro atoms. The number of hydrogen-bond acceptors (Lipinski definition) is 1. The molecule has 238 valence electrons. The summed E-state index contributed by atoms with van der Waals surface area (Å²) in [6.45, 7) is 0. The second-order valence-corrected chi connectivity index (χ2v) is 12.3. The lowest BCUT2D eigenvalue weighted by Gasteiger charge is -2.18. The summed E-state index contributed by atoms with van der Waals surface area (Å²) in [5.74, 6) is 0. The number of furan rings is 1. The summed E-state index contributed by atoms with van der Waals surface area (Å²) in [5, 5.41) is 1.07. The van der Waals surface area contributed by atoms with Crippen LogP contribution in [0, 0.1) is 0 Å². The number of rotatable bonds is 5. The van der Waals surface area contributed by atoms with Crippen LogP contribution in [0.25, 0.3) is 99.1 Å². The molecule has 0 saturated carbocycles. The van der Waals surface area contributed by atoms with E-state index >= 15 is 0 Å². The monoisotopic (exact) mass is 661 g/mol. The van der Waals surface area contributed by atoms with Crippen LogP contribution in [0.1, 0.15) is 17.8 Å². The van der Waals surface area contributed by atoms with Crippen molar-refractivity contribution < 1.29 is 22.2 Å². The van der Waals surface area contributed by atoms with Gasteiger partial charge >= 0.3 is 0 Å². The molecule has 0 fully saturated rings. The van der Waals surface area contributed by atoms with Crippen LogP contribution >= 0.6 is 0 Å². The Labute approximate surface area is 315 Å². The predicted molar refractivity (Wildman–Crippen MR) is 216 cm³/mol. The lowest BCUT2D eigenvalue weighted by atomic mass is 9.86. The van der Waals surface area contributed by atoms with Crippen molar-refractivity contribution in [2.75, 3.05) is 0 Å². The maximum absolute atomic E-state index is 9.23. The highest BCUT2D eigenvalue weighted by Gasteiger charge is 2.17. The van der Waals surface area contributed by atoms with Gasteiger partial charge in [-0.3, -0.25) is 0 Å². The lowest BCUT2D eigenvalue weighted by Crippen LogP contribution is -1.90. The number of fused-ring (bicyclic) bond motifs is 5. The quantitative estimate of drug-likeness (QED) is 0.167. The molecule has 0 saturated heterocycles. The van der Waals surface area contributed by atoms with E-state index in [1.54, 1.807) is 12.1 Å². The summed E-state index contributed by atoms with van der Waals surface area (Å²) in [4.78, 5) is 0. The maximum Gasteiger partial charge on any atom is 0.135 e. The van der Waals surface area contributed by atoms with Crippen molar-refractivity contribution in [1.29, 1.82) is 0 Å². The van der Waals surface area contributed by atoms with Crippen molar-refractivity contribution in [3.63, 3.8) is 0 Å². The fraction of sp³-hybridized carbons (Fsp3) is 0. The molecule has 0 aliphatic rings. The van der Waals surface area contributed by atoms with E-state index in [-0.39, 0.29) is 32.7 Å². The van der Waals surface area contributed by atoms with Gasteiger partial charge in [-0.2, -0.15) is 0 Å². The van der Waals surface area contributed by atoms with Crippen LogP contribution in [0.3, 0.4) is 0 Å². The fourth-order valence-corrected chi connectivity index (χ4v) is 7.01. The highest BCUT2D eigenvalue weighted by molar-refractivity contribution is 6.21. The van der Waals surface area contributed by atoms with Crippen LogP contribution in [-0.4, -0.2) is 0 Å². The minimum absolute atomic E-state index is 0.0758. The molecule has 10 rings (SSSR count). The number of benzene rings is 9. The van der Waals surface area contributed by atoms with Crippen molar-refractivity contribution in [2.24, 2.45) is 0 Å². The first-order valence-corrected chi connectivity index (χ1v) is 16.4. The van der Waals surface area contributed by atoms with Gasteiger partial charge in [0, 0.05) is 10.8 Å². The second-order valence-electron chi connectivity index (χ2n) is 12.3. The van der Waals surface area contributed by atoms with Gasteiger partial charge in [-0.25, -0.2) is 0 Å². The van der Waals surface area contributed by atoms with E-state index in [1.807, 2.05) is 66.7 Å². The Morgan fingerprint density at radius 2 is 0.706 bits per heavy atom. The molecule has 51 heavy (non-hydrogen) atoms.